The summed E-state index contributed by atoms with van der Waals surface area (Å²) < 4.78 is 0. The van der Waals surface area contributed by atoms with Crippen molar-refractivity contribution in [3.63, 3.8) is 0 Å². The van der Waals surface area contributed by atoms with Crippen molar-refractivity contribution < 1.29 is 6.22 Å². The molecule has 1 amide bonds. The minimum atomic E-state index is 0. The van der Waals surface area contributed by atoms with Crippen molar-refractivity contribution >= 4 is 17.2 Å². The van der Waals surface area contributed by atoms with Crippen molar-refractivity contribution in [3.8, 4) is 0 Å². The van der Waals surface area contributed by atoms with Gasteiger partial charge in [-0.15, -0.1) is 0 Å². The third-order valence-electron chi connectivity index (χ3n) is 7.70. The lowest BCUT2D eigenvalue weighted by molar-refractivity contribution is 0.0773. The maximum Gasteiger partial charge on any atom is 0.253 e. The number of anilines is 1. The zero-order valence-electron chi connectivity index (χ0n) is 21.3. The van der Waals surface area contributed by atoms with E-state index < -0.39 is 0 Å². The maximum atomic E-state index is 12.8. The molecular weight excluding hydrogens is 418 g/mol. The lowest BCUT2D eigenvalue weighted by Crippen LogP contribution is -2.33. The highest BCUT2D eigenvalue weighted by atomic mass is 16.2. The van der Waals surface area contributed by atoms with Crippen LogP contribution in [0, 0.1) is 0 Å². The molecule has 0 aromatic heterocycles. The van der Waals surface area contributed by atoms with E-state index >= 15 is 0 Å². The fraction of sp³-hybridized carbons (Fsp3) is 0.500. The Bertz CT molecular complexity index is 983. The summed E-state index contributed by atoms with van der Waals surface area (Å²) in [6.07, 6.45) is 8.79. The number of hydrogen-bond donors (Lipinski definition) is 1. The molecule has 0 spiro atoms. The highest BCUT2D eigenvalue weighted by molar-refractivity contribution is 5.95. The van der Waals surface area contributed by atoms with Crippen LogP contribution in [0.25, 0.3) is 5.57 Å². The van der Waals surface area contributed by atoms with Crippen LogP contribution < -0.4 is 10.2 Å². The number of amides is 1. The third-order valence-corrected chi connectivity index (χ3v) is 7.70. The maximum absolute atomic E-state index is 12.8. The van der Waals surface area contributed by atoms with Crippen molar-refractivity contribution in [2.45, 2.75) is 64.8 Å². The van der Waals surface area contributed by atoms with Gasteiger partial charge in [0, 0.05) is 38.9 Å². The largest absolute Gasteiger partial charge is 0.372 e. The van der Waals surface area contributed by atoms with E-state index in [0.717, 1.165) is 44.6 Å². The van der Waals surface area contributed by atoms with E-state index in [1.807, 2.05) is 30.9 Å². The van der Waals surface area contributed by atoms with E-state index in [-0.39, 0.29) is 7.33 Å². The fourth-order valence-corrected chi connectivity index (χ4v) is 5.59. The SMILES string of the molecule is CCN(CC)C(=O)c1ccc(C(=C2CCNCC2)c2cccc(N(C)C3CCCCC3)c2)cc1.[HH]. The molecule has 1 saturated heterocycles. The molecule has 1 N–H and O–H groups in total. The monoisotopic (exact) mass is 461 g/mol. The van der Waals surface area contributed by atoms with Crippen molar-refractivity contribution in [1.29, 1.82) is 0 Å². The molecule has 0 atom stereocenters. The second-order valence-electron chi connectivity index (χ2n) is 9.74. The van der Waals surface area contributed by atoms with Crippen LogP contribution in [0.15, 0.2) is 54.1 Å². The molecule has 1 saturated carbocycles. The lowest BCUT2D eigenvalue weighted by Gasteiger charge is -2.33. The molecule has 1 aliphatic carbocycles. The number of carbonyl (C=O) groups excluding carboxylic acids is 1. The van der Waals surface area contributed by atoms with Crippen molar-refractivity contribution in [2.75, 3.05) is 38.1 Å². The van der Waals surface area contributed by atoms with Crippen LogP contribution in [0.1, 0.15) is 81.7 Å². The van der Waals surface area contributed by atoms with E-state index in [2.05, 4.69) is 53.7 Å². The number of hydrogen-bond acceptors (Lipinski definition) is 3. The lowest BCUT2D eigenvalue weighted by atomic mass is 9.88. The average molecular weight is 462 g/mol. The molecule has 2 fully saturated rings. The minimum Gasteiger partial charge on any atom is -0.372 e. The Hall–Kier alpha value is -2.59. The first-order chi connectivity index (χ1) is 16.6. The number of carbonyl (C=O) groups is 1. The second-order valence-corrected chi connectivity index (χ2v) is 9.74. The Morgan fingerprint density at radius 1 is 0.912 bits per heavy atom. The summed E-state index contributed by atoms with van der Waals surface area (Å²) in [5, 5.41) is 3.50. The van der Waals surface area contributed by atoms with Crippen LogP contribution in [-0.4, -0.2) is 50.1 Å². The first kappa shape index (κ1) is 24.5. The molecule has 4 nitrogen and oxygen atoms in total. The van der Waals surface area contributed by atoms with Gasteiger partial charge in [0.25, 0.3) is 5.91 Å². The molecule has 4 rings (SSSR count). The zero-order valence-corrected chi connectivity index (χ0v) is 21.3. The van der Waals surface area contributed by atoms with Gasteiger partial charge in [-0.3, -0.25) is 4.79 Å². The van der Waals surface area contributed by atoms with Gasteiger partial charge >= 0.3 is 0 Å². The summed E-state index contributed by atoms with van der Waals surface area (Å²) in [6, 6.07) is 18.1. The van der Waals surface area contributed by atoms with Gasteiger partial charge in [0.15, 0.2) is 0 Å². The van der Waals surface area contributed by atoms with E-state index in [9.17, 15) is 4.79 Å². The molecule has 1 heterocycles. The van der Waals surface area contributed by atoms with Gasteiger partial charge in [0.05, 0.1) is 0 Å². The van der Waals surface area contributed by atoms with Gasteiger partial charge in [-0.2, -0.15) is 0 Å². The van der Waals surface area contributed by atoms with Crippen LogP contribution in [0.3, 0.4) is 0 Å². The summed E-state index contributed by atoms with van der Waals surface area (Å²) in [5.74, 6) is 0.115. The van der Waals surface area contributed by atoms with Crippen molar-refractivity contribution in [1.82, 2.24) is 10.2 Å². The molecule has 1 aliphatic heterocycles. The smallest absolute Gasteiger partial charge is 0.253 e. The van der Waals surface area contributed by atoms with Crippen LogP contribution in [0.4, 0.5) is 5.69 Å². The Balaban J connectivity index is 0.00000342. The van der Waals surface area contributed by atoms with E-state index in [0.29, 0.717) is 6.04 Å². The van der Waals surface area contributed by atoms with Gasteiger partial charge in [-0.25, -0.2) is 0 Å². The molecule has 2 aromatic rings. The summed E-state index contributed by atoms with van der Waals surface area (Å²) >= 11 is 0. The van der Waals surface area contributed by atoms with Crippen LogP contribution in [0.5, 0.6) is 0 Å². The number of rotatable bonds is 7. The van der Waals surface area contributed by atoms with Crippen LogP contribution >= 0.6 is 0 Å². The summed E-state index contributed by atoms with van der Waals surface area (Å²) in [7, 11) is 2.26. The van der Waals surface area contributed by atoms with Gasteiger partial charge in [0.1, 0.15) is 0 Å². The molecule has 184 valence electrons. The van der Waals surface area contributed by atoms with Crippen LogP contribution in [-0.2, 0) is 0 Å². The highest BCUT2D eigenvalue weighted by Crippen LogP contribution is 2.34. The standard InChI is InChI=1S/C30H41N3O.H2/c1-4-33(5-2)30(34)25-16-14-23(15-17-25)29(24-18-20-31-21-19-24)26-10-9-13-28(22-26)32(3)27-11-7-6-8-12-27;/h9-10,13-17,22,27,31H,4-8,11-12,18-21H2,1-3H3;1H. The summed E-state index contributed by atoms with van der Waals surface area (Å²) in [4.78, 5) is 17.2. The Labute approximate surface area is 207 Å². The highest BCUT2D eigenvalue weighted by Gasteiger charge is 2.21. The Kier molecular flexibility index (Phi) is 8.44. The number of piperidine rings is 1. The normalized spacial score (nSPS) is 16.9. The molecule has 4 heteroatoms. The quantitative estimate of drug-likeness (QED) is 0.520. The molecule has 0 radical (unpaired) electrons. The van der Waals surface area contributed by atoms with Gasteiger partial charge in [-0.1, -0.05) is 49.1 Å². The molecule has 0 bridgehead atoms. The summed E-state index contributed by atoms with van der Waals surface area (Å²) in [6.45, 7) is 7.60. The van der Waals surface area contributed by atoms with Crippen molar-refractivity contribution in [3.05, 3.63) is 70.8 Å². The van der Waals surface area contributed by atoms with Crippen molar-refractivity contribution in [2.24, 2.45) is 0 Å². The predicted molar refractivity (Wildman–Crippen MR) is 146 cm³/mol. The van der Waals surface area contributed by atoms with Crippen LogP contribution in [0.2, 0.25) is 0 Å². The topological polar surface area (TPSA) is 35.6 Å². The van der Waals surface area contributed by atoms with Gasteiger partial charge in [-0.05, 0) is 93.6 Å². The molecule has 2 aromatic carbocycles. The van der Waals surface area contributed by atoms with Gasteiger partial charge < -0.3 is 15.1 Å². The average Bonchev–Trinajstić information content (AvgIpc) is 2.91. The first-order valence-electron chi connectivity index (χ1n) is 13.3. The Morgan fingerprint density at radius 3 is 2.21 bits per heavy atom. The Morgan fingerprint density at radius 2 is 1.56 bits per heavy atom. The fourth-order valence-electron chi connectivity index (χ4n) is 5.59. The van der Waals surface area contributed by atoms with E-state index in [4.69, 9.17) is 0 Å². The molecule has 2 aliphatic rings. The van der Waals surface area contributed by atoms with E-state index in [1.54, 1.807) is 0 Å². The molecule has 34 heavy (non-hydrogen) atoms. The number of benzene rings is 2. The summed E-state index contributed by atoms with van der Waals surface area (Å²) in [5.41, 5.74) is 7.45. The van der Waals surface area contributed by atoms with Gasteiger partial charge in [0.2, 0.25) is 0 Å². The number of nitrogens with one attached hydrogen (secondary N) is 1. The minimum absolute atomic E-state index is 0. The third kappa shape index (κ3) is 5.55. The number of nitrogens with zero attached hydrogens (tertiary/aromatic N) is 2. The first-order valence-corrected chi connectivity index (χ1v) is 13.3. The molecule has 0 unspecified atom stereocenters. The zero-order chi connectivity index (χ0) is 23.9. The predicted octanol–water partition coefficient (Wildman–Crippen LogP) is 6.37. The second kappa shape index (κ2) is 11.7. The molecular formula is C30H43N3O. The van der Waals surface area contributed by atoms with E-state index in [1.165, 1.54) is 60.1 Å².